The Labute approximate surface area is 209 Å². The highest BCUT2D eigenvalue weighted by Gasteiger charge is 2.32. The van der Waals surface area contributed by atoms with Gasteiger partial charge in [-0.1, -0.05) is 62.3 Å². The van der Waals surface area contributed by atoms with E-state index in [4.69, 9.17) is 22.1 Å². The number of likely N-dealkylation sites (tertiary alicyclic amines) is 1. The number of urea groups is 1. The first-order chi connectivity index (χ1) is 16.5. The summed E-state index contributed by atoms with van der Waals surface area (Å²) in [6, 6.07) is 5.23. The third-order valence-corrected chi connectivity index (χ3v) is 7.98. The number of unbranched alkanes of at least 4 members (excludes halogenated alkanes) is 1. The Hall–Kier alpha value is -1.37. The lowest BCUT2D eigenvalue weighted by molar-refractivity contribution is 0.150. The maximum Gasteiger partial charge on any atom is 0.317 e. The fourth-order valence-corrected chi connectivity index (χ4v) is 6.03. The van der Waals surface area contributed by atoms with Crippen LogP contribution < -0.4 is 11.1 Å². The van der Waals surface area contributed by atoms with E-state index < -0.39 is 0 Å². The number of hydrogen-bond donors (Lipinski definition) is 2. The molecule has 1 aliphatic carbocycles. The fraction of sp³-hybridized carbons (Fsp3) is 0.741. The lowest BCUT2D eigenvalue weighted by Gasteiger charge is -2.37. The van der Waals surface area contributed by atoms with Crippen LogP contribution in [-0.4, -0.2) is 50.3 Å². The van der Waals surface area contributed by atoms with E-state index in [0.717, 1.165) is 45.1 Å². The summed E-state index contributed by atoms with van der Waals surface area (Å²) in [5.74, 6) is 0.605. The molecule has 2 amide bonds. The van der Waals surface area contributed by atoms with Crippen LogP contribution >= 0.6 is 11.6 Å². The van der Waals surface area contributed by atoms with Crippen LogP contribution in [0.5, 0.6) is 0 Å². The van der Waals surface area contributed by atoms with Gasteiger partial charge in [-0.3, -0.25) is 0 Å². The molecule has 0 aromatic heterocycles. The van der Waals surface area contributed by atoms with E-state index in [9.17, 15) is 9.18 Å². The number of rotatable bonds is 11. The van der Waals surface area contributed by atoms with Crippen LogP contribution in [0.3, 0.4) is 0 Å². The zero-order chi connectivity index (χ0) is 24.3. The maximum atomic E-state index is 15.0. The van der Waals surface area contributed by atoms with Crippen LogP contribution in [0, 0.1) is 17.7 Å². The predicted molar refractivity (Wildman–Crippen MR) is 137 cm³/mol. The first kappa shape index (κ1) is 27.2. The molecule has 2 aliphatic rings. The molecule has 0 radical (unpaired) electrons. The summed E-state index contributed by atoms with van der Waals surface area (Å²) >= 11 is 6.12. The van der Waals surface area contributed by atoms with E-state index >= 15 is 0 Å². The number of nitrogens with zero attached hydrogens (tertiary/aromatic N) is 1. The normalized spacial score (nSPS) is 21.3. The van der Waals surface area contributed by atoms with E-state index in [1.165, 1.54) is 32.1 Å². The number of halogens is 2. The quantitative estimate of drug-likeness (QED) is 0.364. The van der Waals surface area contributed by atoms with Crippen molar-refractivity contribution in [2.24, 2.45) is 17.6 Å². The molecule has 2 fully saturated rings. The van der Waals surface area contributed by atoms with Crippen LogP contribution in [0.15, 0.2) is 18.2 Å². The first-order valence-electron chi connectivity index (χ1n) is 13.2. The highest BCUT2D eigenvalue weighted by Crippen LogP contribution is 2.38. The van der Waals surface area contributed by atoms with Gasteiger partial charge in [0.25, 0.3) is 0 Å². The van der Waals surface area contributed by atoms with Crippen molar-refractivity contribution in [2.75, 3.05) is 33.4 Å². The monoisotopic (exact) mass is 495 g/mol. The van der Waals surface area contributed by atoms with Crippen LogP contribution in [0.4, 0.5) is 9.18 Å². The van der Waals surface area contributed by atoms with E-state index in [2.05, 4.69) is 5.32 Å². The third kappa shape index (κ3) is 8.10. The van der Waals surface area contributed by atoms with Gasteiger partial charge in [0.15, 0.2) is 0 Å². The molecule has 1 aromatic carbocycles. The molecule has 5 nitrogen and oxygen atoms in total. The van der Waals surface area contributed by atoms with Gasteiger partial charge in [-0.2, -0.15) is 0 Å². The summed E-state index contributed by atoms with van der Waals surface area (Å²) in [5.41, 5.74) is 7.02. The molecule has 1 heterocycles. The maximum absolute atomic E-state index is 15.0. The minimum atomic E-state index is -0.323. The molecule has 3 atom stereocenters. The molecule has 1 aliphatic heterocycles. The second kappa shape index (κ2) is 14.3. The molecular weight excluding hydrogens is 453 g/mol. The number of nitrogens with two attached hydrogens (primary N) is 1. The van der Waals surface area contributed by atoms with Gasteiger partial charge < -0.3 is 20.7 Å². The molecular formula is C27H43ClFN3O2. The summed E-state index contributed by atoms with van der Waals surface area (Å²) in [5, 5.41) is 3.24. The molecule has 1 aromatic rings. The zero-order valence-electron chi connectivity index (χ0n) is 20.7. The summed E-state index contributed by atoms with van der Waals surface area (Å²) in [6.45, 7) is 2.57. The van der Waals surface area contributed by atoms with Crippen LogP contribution in [-0.2, 0) is 4.74 Å². The summed E-state index contributed by atoms with van der Waals surface area (Å²) in [6.07, 6.45) is 12.1. The fourth-order valence-electron chi connectivity index (χ4n) is 5.85. The molecule has 7 heteroatoms. The lowest BCUT2D eigenvalue weighted by Crippen LogP contribution is -2.49. The van der Waals surface area contributed by atoms with Gasteiger partial charge >= 0.3 is 6.03 Å². The van der Waals surface area contributed by atoms with Crippen molar-refractivity contribution < 1.29 is 13.9 Å². The molecule has 34 heavy (non-hydrogen) atoms. The van der Waals surface area contributed by atoms with Crippen molar-refractivity contribution in [2.45, 2.75) is 82.6 Å². The predicted octanol–water partition coefficient (Wildman–Crippen LogP) is 6.10. The summed E-state index contributed by atoms with van der Waals surface area (Å²) in [4.78, 5) is 14.9. The van der Waals surface area contributed by atoms with Gasteiger partial charge in [0.1, 0.15) is 5.82 Å². The number of hydrogen-bond acceptors (Lipinski definition) is 3. The Morgan fingerprint density at radius 3 is 2.79 bits per heavy atom. The van der Waals surface area contributed by atoms with Gasteiger partial charge in [0.2, 0.25) is 0 Å². The summed E-state index contributed by atoms with van der Waals surface area (Å²) < 4.78 is 20.2. The van der Waals surface area contributed by atoms with Crippen molar-refractivity contribution >= 4 is 17.6 Å². The van der Waals surface area contributed by atoms with Gasteiger partial charge in [-0.15, -0.1) is 0 Å². The topological polar surface area (TPSA) is 67.6 Å². The molecule has 3 rings (SSSR count). The first-order valence-corrected chi connectivity index (χ1v) is 13.6. The molecule has 1 saturated heterocycles. The minimum absolute atomic E-state index is 0.00160. The Bertz CT molecular complexity index is 759. The van der Waals surface area contributed by atoms with Gasteiger partial charge in [-0.05, 0) is 61.5 Å². The number of nitrogens with one attached hydrogen (secondary N) is 1. The second-order valence-corrected chi connectivity index (χ2v) is 10.7. The number of amides is 2. The molecule has 3 N–H and O–H groups in total. The number of methoxy groups -OCH3 is 1. The van der Waals surface area contributed by atoms with Crippen molar-refractivity contribution in [1.29, 1.82) is 0 Å². The molecule has 192 valence electrons. The second-order valence-electron chi connectivity index (χ2n) is 10.3. The SMILES string of the molecule is COCCCC[C@H](c1cccc(Cl)c1F)[C@@H]1CCCN(C(=O)NC[C@H](N)CC2CCCCC2)C1. The lowest BCUT2D eigenvalue weighted by atomic mass is 9.78. The highest BCUT2D eigenvalue weighted by atomic mass is 35.5. The van der Waals surface area contributed by atoms with Crippen molar-refractivity contribution in [1.82, 2.24) is 10.2 Å². The average molecular weight is 496 g/mol. The van der Waals surface area contributed by atoms with Crippen LogP contribution in [0.1, 0.15) is 82.1 Å². The van der Waals surface area contributed by atoms with Gasteiger partial charge in [0.05, 0.1) is 5.02 Å². The minimum Gasteiger partial charge on any atom is -0.385 e. The molecule has 0 spiro atoms. The number of carbonyl (C=O) groups is 1. The van der Waals surface area contributed by atoms with Crippen molar-refractivity contribution in [3.05, 3.63) is 34.6 Å². The number of ether oxygens (including phenoxy) is 1. The molecule has 1 saturated carbocycles. The Morgan fingerprint density at radius 2 is 2.03 bits per heavy atom. The Balaban J connectivity index is 1.57. The Kier molecular flexibility index (Phi) is 11.4. The third-order valence-electron chi connectivity index (χ3n) is 7.68. The number of benzene rings is 1. The molecule has 0 bridgehead atoms. The van der Waals surface area contributed by atoms with Crippen LogP contribution in [0.25, 0.3) is 0 Å². The van der Waals surface area contributed by atoms with Crippen molar-refractivity contribution in [3.63, 3.8) is 0 Å². The standard InChI is InChI=1S/C27H43ClFN3O2/c1-34-16-6-5-12-23(24-13-7-14-25(28)26(24)29)21-11-8-15-32(19-21)27(33)31-18-22(30)17-20-9-3-2-4-10-20/h7,13-14,20-23H,2-6,8-12,15-19,30H2,1H3,(H,31,33)/t21-,22-,23+/m1/s1. The van der Waals surface area contributed by atoms with Crippen LogP contribution in [0.2, 0.25) is 5.02 Å². The highest BCUT2D eigenvalue weighted by molar-refractivity contribution is 6.30. The zero-order valence-corrected chi connectivity index (χ0v) is 21.5. The number of carbonyl (C=O) groups excluding carboxylic acids is 1. The molecule has 0 unspecified atom stereocenters. The van der Waals surface area contributed by atoms with E-state index in [1.54, 1.807) is 13.2 Å². The van der Waals surface area contributed by atoms with Gasteiger partial charge in [-0.25, -0.2) is 9.18 Å². The van der Waals surface area contributed by atoms with Crippen molar-refractivity contribution in [3.8, 4) is 0 Å². The Morgan fingerprint density at radius 1 is 1.24 bits per heavy atom. The van der Waals surface area contributed by atoms with E-state index in [-0.39, 0.29) is 34.7 Å². The smallest absolute Gasteiger partial charge is 0.317 e. The van der Waals surface area contributed by atoms with Gasteiger partial charge in [0, 0.05) is 39.4 Å². The number of piperidine rings is 1. The largest absolute Gasteiger partial charge is 0.385 e. The summed E-state index contributed by atoms with van der Waals surface area (Å²) in [7, 11) is 1.70. The van der Waals surface area contributed by atoms with E-state index in [1.807, 2.05) is 17.0 Å². The van der Waals surface area contributed by atoms with E-state index in [0.29, 0.717) is 31.2 Å². The average Bonchev–Trinajstić information content (AvgIpc) is 2.85.